The zero-order valence-corrected chi connectivity index (χ0v) is 63.4. The predicted octanol–water partition coefficient (Wildman–Crippen LogP) is 19.8. The summed E-state index contributed by atoms with van der Waals surface area (Å²) in [6.07, 6.45) is 30.2. The Morgan fingerprint density at radius 2 is 0.604 bits per heavy atom. The topological polar surface area (TPSA) is 183 Å². The number of ether oxygens (including phenoxy) is 2. The fourth-order valence-corrected chi connectivity index (χ4v) is 13.0. The van der Waals surface area contributed by atoms with Crippen molar-refractivity contribution in [2.24, 2.45) is 31.8 Å². The maximum absolute atomic E-state index is 14.3. The van der Waals surface area contributed by atoms with Crippen LogP contribution >= 0.6 is 0 Å². The van der Waals surface area contributed by atoms with Crippen LogP contribution in [0, 0.1) is 11.8 Å². The number of carbonyl (C=O) groups is 2. The average Bonchev–Trinajstić information content (AvgIpc) is 0.807. The maximum atomic E-state index is 14.3. The number of esters is 2. The molecule has 530 valence electrons. The van der Waals surface area contributed by atoms with Crippen molar-refractivity contribution in [1.29, 1.82) is 0 Å². The fourth-order valence-electron chi connectivity index (χ4n) is 13.0. The number of benzene rings is 4. The molecule has 0 aliphatic heterocycles. The van der Waals surface area contributed by atoms with Crippen LogP contribution in [-0.2, 0) is 75.6 Å². The van der Waals surface area contributed by atoms with Crippen molar-refractivity contribution in [3.05, 3.63) is 128 Å². The Balaban J connectivity index is 0.00000833. The number of hydrogen-bond donors (Lipinski definition) is 4. The number of phenols is 4. The number of allylic oxidation sites excluding steroid dienone is 4. The van der Waals surface area contributed by atoms with Gasteiger partial charge in [0.15, 0.2) is 0 Å². The quantitative estimate of drug-likeness (QED) is 0.0468. The summed E-state index contributed by atoms with van der Waals surface area (Å²) < 4.78 is 12.6. The van der Waals surface area contributed by atoms with Gasteiger partial charge < -0.3 is 29.9 Å². The molecule has 0 aromatic heterocycles. The summed E-state index contributed by atoms with van der Waals surface area (Å²) in [5, 5.41) is 46.6. The molecule has 4 aromatic carbocycles. The largest absolute Gasteiger partial charge is 0.507 e. The summed E-state index contributed by atoms with van der Waals surface area (Å²) in [6.45, 7) is 38.0. The van der Waals surface area contributed by atoms with Crippen molar-refractivity contribution in [3.63, 3.8) is 0 Å². The van der Waals surface area contributed by atoms with Crippen LogP contribution in [0.4, 0.5) is 0 Å². The zero-order valence-electron chi connectivity index (χ0n) is 61.3. The Morgan fingerprint density at radius 1 is 0.344 bits per heavy atom. The first-order chi connectivity index (χ1) is 43.9. The van der Waals surface area contributed by atoms with Crippen LogP contribution in [0.3, 0.4) is 0 Å². The van der Waals surface area contributed by atoms with E-state index >= 15 is 0 Å². The predicted molar refractivity (Wildman–Crippen MR) is 390 cm³/mol. The molecule has 3 aliphatic carbocycles. The van der Waals surface area contributed by atoms with E-state index in [-0.39, 0.29) is 126 Å². The third-order valence-electron chi connectivity index (χ3n) is 19.1. The molecule has 7 rings (SSSR count). The zero-order chi connectivity index (χ0) is 69.1. The standard InChI is InChI=1S/C82H116N4O8.2Co/c1-77(2,3)59-41-55(71(87)63(45-59)79(7,8)9)49-83-67-37-29-31-39-69(67)85-51-57-43-61(47-65(73(57)89)81(13,14)15)93-75(91)53-33-25-21-19-23-27-35-54(36-28-24-20-22-26-34-53)76(92)94-62-44-58(74(90)66(48-62)82(16,17)18)52-86-70-40-32-30-38-68(70)84-50-56-42-60(78(4,5)6)46-64(72(56)88)80(10,11)12;;/h19-21,24,41-54,67-70,87-90H,22-23,25-40H2,1-18H3;;/b21-19-,24-20-,83-49?,84-50?,85-51?,86-52?;;/t53?,54?,67-,68-,69-,70-;;/m1../s1. The van der Waals surface area contributed by atoms with E-state index in [9.17, 15) is 30.0 Å². The summed E-state index contributed by atoms with van der Waals surface area (Å²) in [7, 11) is 0. The Bertz CT molecular complexity index is 3240. The number of rotatable bonds is 12. The van der Waals surface area contributed by atoms with E-state index < -0.39 is 10.8 Å². The number of aliphatic imine (C=N–C) groups is 4. The normalized spacial score (nSPS) is 21.8. The molecule has 2 saturated carbocycles. The first-order valence-corrected chi connectivity index (χ1v) is 35.3. The molecule has 0 saturated heterocycles. The molecule has 4 aromatic rings. The molecule has 0 spiro atoms. The van der Waals surface area contributed by atoms with Gasteiger partial charge in [-0.05, 0) is 170 Å². The summed E-state index contributed by atoms with van der Waals surface area (Å²) in [5.41, 5.74) is 6.11. The summed E-state index contributed by atoms with van der Waals surface area (Å²) in [6, 6.07) is 14.9. The van der Waals surface area contributed by atoms with Gasteiger partial charge in [0.25, 0.3) is 0 Å². The van der Waals surface area contributed by atoms with E-state index in [1.165, 1.54) is 0 Å². The van der Waals surface area contributed by atoms with Crippen molar-refractivity contribution in [2.75, 3.05) is 0 Å². The molecule has 14 heteroatoms. The second kappa shape index (κ2) is 34.3. The third kappa shape index (κ3) is 22.6. The Morgan fingerprint density at radius 3 is 0.875 bits per heavy atom. The SMILES string of the molecule is CC(C)(C)c1cc(C=N[C@@H]2CCCC[C@H]2N=Cc2cc(OC(=O)C3CC/C=C\CCCC(C(=O)Oc4cc(C=N[C@@H]5CCCC[C@H]5N=Cc5cc(C(C)(C)C)cc(C(C)(C)C)c5O)c(O)c(C(C)(C)C)c4)CC/C=C\CCC3)cc(C(C)(C)C)c2O)c(O)c(C(C)(C)C)c1.[Co].[Co]. The van der Waals surface area contributed by atoms with Crippen LogP contribution in [0.1, 0.15) is 296 Å². The molecular formula is C82H116Co2N4O8. The van der Waals surface area contributed by atoms with Crippen LogP contribution in [0.5, 0.6) is 34.5 Å². The van der Waals surface area contributed by atoms with Gasteiger partial charge in [-0.3, -0.25) is 29.6 Å². The number of nitrogens with zero attached hydrogens (tertiary/aromatic N) is 4. The van der Waals surface area contributed by atoms with Gasteiger partial charge >= 0.3 is 11.9 Å². The minimum absolute atomic E-state index is 0. The molecule has 12 nitrogen and oxygen atoms in total. The van der Waals surface area contributed by atoms with Crippen LogP contribution in [0.15, 0.2) is 92.8 Å². The molecule has 2 fully saturated rings. The van der Waals surface area contributed by atoms with Gasteiger partial charge in [0.2, 0.25) is 0 Å². The Hall–Kier alpha value is -5.81. The molecule has 0 heterocycles. The third-order valence-corrected chi connectivity index (χ3v) is 19.1. The Kier molecular flexibility index (Phi) is 28.9. The summed E-state index contributed by atoms with van der Waals surface area (Å²) >= 11 is 0. The van der Waals surface area contributed by atoms with Gasteiger partial charge in [-0.25, -0.2) is 0 Å². The fraction of sp³-hybridized carbons (Fsp3) is 0.585. The van der Waals surface area contributed by atoms with Crippen molar-refractivity contribution in [1.82, 2.24) is 0 Å². The van der Waals surface area contributed by atoms with Gasteiger partial charge in [0, 0.05) is 103 Å². The van der Waals surface area contributed by atoms with Crippen molar-refractivity contribution < 1.29 is 73.0 Å². The number of carbonyl (C=O) groups excluding carboxylic acids is 2. The van der Waals surface area contributed by atoms with Gasteiger partial charge in [-0.2, -0.15) is 0 Å². The maximum Gasteiger partial charge on any atom is 0.314 e. The molecule has 0 bridgehead atoms. The molecule has 3 aliphatic rings. The van der Waals surface area contributed by atoms with Crippen molar-refractivity contribution >= 4 is 36.8 Å². The second-order valence-corrected chi connectivity index (χ2v) is 33.4. The Labute approximate surface area is 597 Å². The van der Waals surface area contributed by atoms with Gasteiger partial charge in [-0.1, -0.05) is 187 Å². The monoisotopic (exact) mass is 1400 g/mol. The average molecular weight is 1400 g/mol. The molecule has 6 atom stereocenters. The molecule has 0 amide bonds. The van der Waals surface area contributed by atoms with Crippen molar-refractivity contribution in [2.45, 2.75) is 297 Å². The van der Waals surface area contributed by atoms with E-state index in [0.29, 0.717) is 83.4 Å². The molecule has 4 N–H and O–H groups in total. The van der Waals surface area contributed by atoms with Crippen LogP contribution in [0.25, 0.3) is 0 Å². The van der Waals surface area contributed by atoms with E-state index in [4.69, 9.17) is 29.4 Å². The first kappa shape index (κ1) is 80.9. The summed E-state index contributed by atoms with van der Waals surface area (Å²) in [5.74, 6) is 0.235. The number of aromatic hydroxyl groups is 4. The minimum atomic E-state index is -0.464. The van der Waals surface area contributed by atoms with Crippen LogP contribution in [-0.4, -0.2) is 81.4 Å². The van der Waals surface area contributed by atoms with E-state index in [2.05, 4.69) is 132 Å². The van der Waals surface area contributed by atoms with Crippen LogP contribution in [0.2, 0.25) is 0 Å². The van der Waals surface area contributed by atoms with Crippen LogP contribution < -0.4 is 9.47 Å². The second-order valence-electron chi connectivity index (χ2n) is 33.4. The first-order valence-electron chi connectivity index (χ1n) is 35.3. The van der Waals surface area contributed by atoms with Gasteiger partial charge in [-0.15, -0.1) is 0 Å². The minimum Gasteiger partial charge on any atom is -0.507 e. The molecular weight excluding hydrogens is 1290 g/mol. The number of hydrogen-bond acceptors (Lipinski definition) is 12. The molecule has 2 radical (unpaired) electrons. The summed E-state index contributed by atoms with van der Waals surface area (Å²) in [4.78, 5) is 48.9. The van der Waals surface area contributed by atoms with Gasteiger partial charge in [0.05, 0.1) is 36.0 Å². The molecule has 96 heavy (non-hydrogen) atoms. The van der Waals surface area contributed by atoms with Gasteiger partial charge in [0.1, 0.15) is 34.5 Å². The molecule has 2 unspecified atom stereocenters. The van der Waals surface area contributed by atoms with E-state index in [1.807, 2.05) is 54.0 Å². The smallest absolute Gasteiger partial charge is 0.314 e. The van der Waals surface area contributed by atoms with E-state index in [0.717, 1.165) is 99.3 Å². The van der Waals surface area contributed by atoms with E-state index in [1.54, 1.807) is 36.7 Å². The number of phenolic OH excluding ortho intramolecular Hbond substituents is 4. The van der Waals surface area contributed by atoms with Crippen molar-refractivity contribution in [3.8, 4) is 34.5 Å².